The maximum absolute atomic E-state index is 13.8. The van der Waals surface area contributed by atoms with E-state index in [1.807, 2.05) is 57.5 Å². The van der Waals surface area contributed by atoms with Gasteiger partial charge in [-0.05, 0) is 42.9 Å². The number of aliphatic hydroxyl groups is 1. The molecule has 0 saturated carbocycles. The van der Waals surface area contributed by atoms with E-state index in [0.29, 0.717) is 13.0 Å². The van der Waals surface area contributed by atoms with Crippen molar-refractivity contribution in [3.05, 3.63) is 41.0 Å². The fourth-order valence-corrected chi connectivity index (χ4v) is 6.38. The lowest BCUT2D eigenvalue weighted by molar-refractivity contribution is -0.144. The largest absolute Gasteiger partial charge is 0.391 e. The van der Waals surface area contributed by atoms with Gasteiger partial charge >= 0.3 is 0 Å². The summed E-state index contributed by atoms with van der Waals surface area (Å²) in [6.07, 6.45) is 1.39. The van der Waals surface area contributed by atoms with Crippen molar-refractivity contribution < 1.29 is 19.5 Å². The standard InChI is InChI=1S/C31H46N6O4S/c1-21-27(42-20-34-21)23-10-8-22(9-11-23)18-33-29(40)25-17-24(38)19-37(25)30(41)28(31(2,3)4)35-26(39)7-5-6-14-36-15-12-32-13-16-36/h8-11,20,24-25,28,32,38H,5-7,12-19H2,1-4H3,(H,33,40)(H,35,39)/t24-,25+,28-/m1/s1. The van der Waals surface area contributed by atoms with Gasteiger partial charge in [0.15, 0.2) is 0 Å². The molecule has 0 bridgehead atoms. The summed E-state index contributed by atoms with van der Waals surface area (Å²) in [6, 6.07) is 6.36. The molecule has 0 radical (unpaired) electrons. The van der Waals surface area contributed by atoms with E-state index in [0.717, 1.165) is 67.3 Å². The third kappa shape index (κ3) is 8.59. The summed E-state index contributed by atoms with van der Waals surface area (Å²) >= 11 is 1.59. The Hall–Kier alpha value is -2.86. The summed E-state index contributed by atoms with van der Waals surface area (Å²) in [5.41, 5.74) is 4.26. The maximum Gasteiger partial charge on any atom is 0.246 e. The average Bonchev–Trinajstić information content (AvgIpc) is 3.58. The molecule has 11 heteroatoms. The van der Waals surface area contributed by atoms with Crippen molar-refractivity contribution in [1.29, 1.82) is 0 Å². The summed E-state index contributed by atoms with van der Waals surface area (Å²) in [6.45, 7) is 13.1. The van der Waals surface area contributed by atoms with Gasteiger partial charge in [0.05, 0.1) is 22.2 Å². The fraction of sp³-hybridized carbons (Fsp3) is 0.613. The third-order valence-corrected chi connectivity index (χ3v) is 9.03. The van der Waals surface area contributed by atoms with E-state index < -0.39 is 23.6 Å². The lowest BCUT2D eigenvalue weighted by Gasteiger charge is -2.35. The van der Waals surface area contributed by atoms with Crippen molar-refractivity contribution in [2.24, 2.45) is 5.41 Å². The second kappa shape index (κ2) is 14.5. The van der Waals surface area contributed by atoms with Crippen LogP contribution in [-0.2, 0) is 20.9 Å². The lowest BCUT2D eigenvalue weighted by Crippen LogP contribution is -2.57. The van der Waals surface area contributed by atoms with Crippen molar-refractivity contribution in [1.82, 2.24) is 30.7 Å². The smallest absolute Gasteiger partial charge is 0.246 e. The molecule has 2 aliphatic rings. The minimum absolute atomic E-state index is 0.0625. The first-order valence-corrected chi connectivity index (χ1v) is 15.9. The fourth-order valence-electron chi connectivity index (χ4n) is 5.57. The summed E-state index contributed by atoms with van der Waals surface area (Å²) < 4.78 is 0. The number of carbonyl (C=O) groups is 3. The molecule has 3 heterocycles. The van der Waals surface area contributed by atoms with E-state index in [9.17, 15) is 19.5 Å². The number of aliphatic hydroxyl groups excluding tert-OH is 1. The number of likely N-dealkylation sites (tertiary alicyclic amines) is 1. The number of aromatic nitrogens is 1. The van der Waals surface area contributed by atoms with Crippen LogP contribution in [-0.4, -0.2) is 95.1 Å². The van der Waals surface area contributed by atoms with Crippen molar-refractivity contribution in [2.45, 2.75) is 78.1 Å². The summed E-state index contributed by atoms with van der Waals surface area (Å²) in [5, 5.41) is 19.7. The van der Waals surface area contributed by atoms with Crippen LogP contribution < -0.4 is 16.0 Å². The van der Waals surface area contributed by atoms with Crippen molar-refractivity contribution in [2.75, 3.05) is 39.3 Å². The van der Waals surface area contributed by atoms with Crippen LogP contribution in [0.1, 0.15) is 57.7 Å². The minimum Gasteiger partial charge on any atom is -0.391 e. The van der Waals surface area contributed by atoms with Crippen LogP contribution in [0.5, 0.6) is 0 Å². The first-order chi connectivity index (χ1) is 20.0. The molecule has 3 amide bonds. The van der Waals surface area contributed by atoms with Gasteiger partial charge in [-0.15, -0.1) is 11.3 Å². The van der Waals surface area contributed by atoms with E-state index >= 15 is 0 Å². The molecule has 0 unspecified atom stereocenters. The van der Waals surface area contributed by atoms with Gasteiger partial charge in [-0.1, -0.05) is 45.0 Å². The van der Waals surface area contributed by atoms with E-state index in [1.165, 1.54) is 4.90 Å². The Balaban J connectivity index is 1.31. The number of hydrogen-bond acceptors (Lipinski definition) is 8. The van der Waals surface area contributed by atoms with Crippen LogP contribution in [0.2, 0.25) is 0 Å². The molecule has 42 heavy (non-hydrogen) atoms. The van der Waals surface area contributed by atoms with Crippen LogP contribution in [0, 0.1) is 12.3 Å². The molecule has 4 N–H and O–H groups in total. The predicted molar refractivity (Wildman–Crippen MR) is 165 cm³/mol. The minimum atomic E-state index is -0.804. The molecule has 2 fully saturated rings. The molecule has 2 saturated heterocycles. The number of rotatable bonds is 11. The molecule has 0 spiro atoms. The Morgan fingerprint density at radius 2 is 1.86 bits per heavy atom. The van der Waals surface area contributed by atoms with Crippen LogP contribution in [0.3, 0.4) is 0 Å². The number of aryl methyl sites for hydroxylation is 1. The molecule has 4 rings (SSSR count). The molecule has 2 aromatic rings. The van der Waals surface area contributed by atoms with Crippen LogP contribution in [0.15, 0.2) is 29.8 Å². The second-order valence-corrected chi connectivity index (χ2v) is 13.3. The Labute approximate surface area is 253 Å². The number of hydrogen-bond donors (Lipinski definition) is 4. The summed E-state index contributed by atoms with van der Waals surface area (Å²) in [4.78, 5) is 49.2. The number of benzene rings is 1. The van der Waals surface area contributed by atoms with Gasteiger partial charge < -0.3 is 30.9 Å². The van der Waals surface area contributed by atoms with Gasteiger partial charge in [0, 0.05) is 52.1 Å². The second-order valence-electron chi connectivity index (χ2n) is 12.5. The number of nitrogens with zero attached hydrogens (tertiary/aromatic N) is 3. The van der Waals surface area contributed by atoms with Crippen molar-refractivity contribution in [3.8, 4) is 10.4 Å². The zero-order valence-corrected chi connectivity index (χ0v) is 26.1. The van der Waals surface area contributed by atoms with Gasteiger partial charge in [0.25, 0.3) is 0 Å². The van der Waals surface area contributed by atoms with E-state index in [2.05, 4.69) is 25.8 Å². The molecular formula is C31H46N6O4S. The lowest BCUT2D eigenvalue weighted by atomic mass is 9.85. The number of unbranched alkanes of at least 4 members (excludes halogenated alkanes) is 1. The topological polar surface area (TPSA) is 127 Å². The molecule has 230 valence electrons. The highest BCUT2D eigenvalue weighted by Crippen LogP contribution is 2.28. The van der Waals surface area contributed by atoms with Gasteiger partial charge in [-0.3, -0.25) is 14.4 Å². The SMILES string of the molecule is Cc1ncsc1-c1ccc(CNC(=O)[C@@H]2C[C@@H](O)CN2C(=O)[C@@H](NC(=O)CCCCN2CCNCC2)C(C)(C)C)cc1. The monoisotopic (exact) mass is 598 g/mol. The van der Waals surface area contributed by atoms with Crippen LogP contribution >= 0.6 is 11.3 Å². The van der Waals surface area contributed by atoms with Gasteiger partial charge in [0.2, 0.25) is 17.7 Å². The van der Waals surface area contributed by atoms with Gasteiger partial charge in [-0.25, -0.2) is 4.98 Å². The molecule has 1 aromatic carbocycles. The highest BCUT2D eigenvalue weighted by atomic mass is 32.1. The zero-order valence-electron chi connectivity index (χ0n) is 25.3. The van der Waals surface area contributed by atoms with E-state index in [-0.39, 0.29) is 30.7 Å². The normalized spacial score (nSPS) is 20.4. The quantitative estimate of drug-likeness (QED) is 0.293. The Kier molecular flexibility index (Phi) is 11.1. The maximum atomic E-state index is 13.8. The number of amides is 3. The third-order valence-electron chi connectivity index (χ3n) is 8.05. The van der Waals surface area contributed by atoms with Gasteiger partial charge in [-0.2, -0.15) is 0 Å². The number of thiazole rings is 1. The van der Waals surface area contributed by atoms with Crippen molar-refractivity contribution >= 4 is 29.1 Å². The highest BCUT2D eigenvalue weighted by molar-refractivity contribution is 7.13. The Morgan fingerprint density at radius 1 is 1.14 bits per heavy atom. The number of piperazine rings is 1. The molecule has 1 aromatic heterocycles. The molecule has 0 aliphatic carbocycles. The summed E-state index contributed by atoms with van der Waals surface area (Å²) in [7, 11) is 0. The number of nitrogens with one attached hydrogen (secondary N) is 3. The first-order valence-electron chi connectivity index (χ1n) is 15.0. The van der Waals surface area contributed by atoms with E-state index in [4.69, 9.17) is 0 Å². The first kappa shape index (κ1) is 32.1. The van der Waals surface area contributed by atoms with E-state index in [1.54, 1.807) is 11.3 Å². The molecule has 10 nitrogen and oxygen atoms in total. The summed E-state index contributed by atoms with van der Waals surface area (Å²) in [5.74, 6) is -0.812. The number of β-amino-alcohol motifs (C(OH)–C–C–N with tert-alkyl or cyclic N) is 1. The molecule has 2 aliphatic heterocycles. The Bertz CT molecular complexity index is 1200. The zero-order chi connectivity index (χ0) is 30.3. The highest BCUT2D eigenvalue weighted by Gasteiger charge is 2.44. The average molecular weight is 599 g/mol. The van der Waals surface area contributed by atoms with Crippen LogP contribution in [0.25, 0.3) is 10.4 Å². The van der Waals surface area contributed by atoms with Crippen LogP contribution in [0.4, 0.5) is 0 Å². The number of carbonyl (C=O) groups excluding carboxylic acids is 3. The Morgan fingerprint density at radius 3 is 2.50 bits per heavy atom. The molecule has 3 atom stereocenters. The van der Waals surface area contributed by atoms with Crippen molar-refractivity contribution in [3.63, 3.8) is 0 Å². The van der Waals surface area contributed by atoms with Gasteiger partial charge in [0.1, 0.15) is 12.1 Å². The predicted octanol–water partition coefficient (Wildman–Crippen LogP) is 2.30. The molecular weight excluding hydrogens is 552 g/mol.